The van der Waals surface area contributed by atoms with E-state index >= 15 is 0 Å². The molecule has 0 saturated heterocycles. The van der Waals surface area contributed by atoms with E-state index in [1.54, 1.807) is 12.1 Å². The average Bonchev–Trinajstić information content (AvgIpc) is 2.43. The molecular formula is C16H21NO2. The van der Waals surface area contributed by atoms with Crippen molar-refractivity contribution >= 4 is 0 Å². The number of phenols is 1. The van der Waals surface area contributed by atoms with E-state index in [0.717, 1.165) is 37.8 Å². The lowest BCUT2D eigenvalue weighted by Crippen LogP contribution is -2.52. The fourth-order valence-electron chi connectivity index (χ4n) is 2.65. The van der Waals surface area contributed by atoms with Crippen LogP contribution >= 0.6 is 0 Å². The number of aromatic hydroxyl groups is 1. The highest BCUT2D eigenvalue weighted by atomic mass is 16.3. The molecule has 0 bridgehead atoms. The van der Waals surface area contributed by atoms with Gasteiger partial charge in [0.05, 0.1) is 0 Å². The number of phenolic OH excluding ortho intramolecular Hbond substituents is 1. The molecule has 19 heavy (non-hydrogen) atoms. The molecular weight excluding hydrogens is 238 g/mol. The molecule has 3 heteroatoms. The van der Waals surface area contributed by atoms with Crippen molar-refractivity contribution in [3.63, 3.8) is 0 Å². The monoisotopic (exact) mass is 259 g/mol. The zero-order valence-electron chi connectivity index (χ0n) is 11.1. The van der Waals surface area contributed by atoms with Gasteiger partial charge in [-0.3, -0.25) is 0 Å². The molecule has 0 unspecified atom stereocenters. The summed E-state index contributed by atoms with van der Waals surface area (Å²) in [4.78, 5) is 0. The molecule has 2 rings (SSSR count). The molecule has 0 aromatic heterocycles. The predicted octanol–water partition coefficient (Wildman–Crippen LogP) is 1.83. The zero-order chi connectivity index (χ0) is 13.7. The van der Waals surface area contributed by atoms with Crippen molar-refractivity contribution in [3.05, 3.63) is 29.8 Å². The molecule has 2 atom stereocenters. The third-order valence-corrected chi connectivity index (χ3v) is 3.87. The maximum Gasteiger partial charge on any atom is 0.140 e. The lowest BCUT2D eigenvalue weighted by molar-refractivity contribution is 0.0265. The van der Waals surface area contributed by atoms with Gasteiger partial charge in [0.15, 0.2) is 0 Å². The Labute approximate surface area is 114 Å². The molecule has 3 nitrogen and oxygen atoms in total. The van der Waals surface area contributed by atoms with Crippen molar-refractivity contribution < 1.29 is 10.2 Å². The lowest BCUT2D eigenvalue weighted by atomic mass is 9.81. The molecule has 1 aromatic carbocycles. The molecule has 0 aliphatic heterocycles. The van der Waals surface area contributed by atoms with E-state index in [4.69, 9.17) is 6.42 Å². The fourth-order valence-corrected chi connectivity index (χ4v) is 2.65. The van der Waals surface area contributed by atoms with Crippen LogP contribution in [0.25, 0.3) is 0 Å². The van der Waals surface area contributed by atoms with Crippen LogP contribution < -0.4 is 5.32 Å². The molecule has 1 aromatic rings. The molecule has 1 aliphatic rings. The van der Waals surface area contributed by atoms with Gasteiger partial charge in [0.25, 0.3) is 0 Å². The van der Waals surface area contributed by atoms with Gasteiger partial charge in [-0.15, -0.1) is 6.42 Å². The molecule has 0 radical (unpaired) electrons. The van der Waals surface area contributed by atoms with Crippen molar-refractivity contribution in [2.75, 3.05) is 6.54 Å². The summed E-state index contributed by atoms with van der Waals surface area (Å²) in [6, 6.07) is 7.18. The number of rotatable bonds is 4. The maximum atomic E-state index is 10.3. The summed E-state index contributed by atoms with van der Waals surface area (Å²) < 4.78 is 0. The van der Waals surface area contributed by atoms with E-state index in [1.165, 1.54) is 0 Å². The average molecular weight is 259 g/mol. The van der Waals surface area contributed by atoms with E-state index in [2.05, 4.69) is 11.2 Å². The van der Waals surface area contributed by atoms with Crippen molar-refractivity contribution in [3.8, 4) is 18.1 Å². The largest absolute Gasteiger partial charge is 0.508 e. The van der Waals surface area contributed by atoms with E-state index in [1.807, 2.05) is 12.1 Å². The Bertz CT molecular complexity index is 449. The molecule has 1 saturated carbocycles. The van der Waals surface area contributed by atoms with Crippen molar-refractivity contribution in [2.45, 2.75) is 43.7 Å². The normalized spacial score (nSPS) is 26.8. The van der Waals surface area contributed by atoms with E-state index < -0.39 is 5.60 Å². The van der Waals surface area contributed by atoms with Crippen LogP contribution in [0.5, 0.6) is 5.75 Å². The number of hydrogen-bond donors (Lipinski definition) is 3. The Morgan fingerprint density at radius 2 is 2.05 bits per heavy atom. The molecule has 102 valence electrons. The maximum absolute atomic E-state index is 10.3. The summed E-state index contributed by atoms with van der Waals surface area (Å²) in [5, 5.41) is 22.9. The Morgan fingerprint density at radius 1 is 1.32 bits per heavy atom. The summed E-state index contributed by atoms with van der Waals surface area (Å²) in [5.41, 5.74) is 0.165. The van der Waals surface area contributed by atoms with Gasteiger partial charge in [0, 0.05) is 6.04 Å². The first-order valence-corrected chi connectivity index (χ1v) is 6.85. The topological polar surface area (TPSA) is 52.5 Å². The predicted molar refractivity (Wildman–Crippen MR) is 75.9 cm³/mol. The van der Waals surface area contributed by atoms with Crippen LogP contribution in [-0.2, 0) is 6.42 Å². The number of hydrogen-bond acceptors (Lipinski definition) is 3. The minimum Gasteiger partial charge on any atom is -0.508 e. The van der Waals surface area contributed by atoms with Crippen LogP contribution in [-0.4, -0.2) is 28.4 Å². The first kappa shape index (κ1) is 13.9. The van der Waals surface area contributed by atoms with Crippen molar-refractivity contribution in [1.82, 2.24) is 5.32 Å². The summed E-state index contributed by atoms with van der Waals surface area (Å²) in [7, 11) is 0. The second-order valence-corrected chi connectivity index (χ2v) is 5.24. The first-order chi connectivity index (χ1) is 9.14. The van der Waals surface area contributed by atoms with E-state index in [0.29, 0.717) is 6.42 Å². The summed E-state index contributed by atoms with van der Waals surface area (Å²) in [6.45, 7) is 0.777. The highest BCUT2D eigenvalue weighted by Gasteiger charge is 2.36. The van der Waals surface area contributed by atoms with Gasteiger partial charge in [-0.2, -0.15) is 0 Å². The highest BCUT2D eigenvalue weighted by molar-refractivity contribution is 5.26. The third-order valence-electron chi connectivity index (χ3n) is 3.87. The second kappa shape index (κ2) is 6.10. The fraction of sp³-hybridized carbons (Fsp3) is 0.500. The van der Waals surface area contributed by atoms with Crippen LogP contribution in [0.1, 0.15) is 31.2 Å². The number of aliphatic hydroxyl groups is 1. The molecule has 0 spiro atoms. The molecule has 1 fully saturated rings. The van der Waals surface area contributed by atoms with Crippen LogP contribution in [0.15, 0.2) is 24.3 Å². The van der Waals surface area contributed by atoms with Gasteiger partial charge in [0.1, 0.15) is 11.4 Å². The Morgan fingerprint density at radius 3 is 2.74 bits per heavy atom. The van der Waals surface area contributed by atoms with Crippen LogP contribution in [0, 0.1) is 12.3 Å². The number of benzene rings is 1. The van der Waals surface area contributed by atoms with Gasteiger partial charge in [0.2, 0.25) is 0 Å². The summed E-state index contributed by atoms with van der Waals surface area (Å²) >= 11 is 0. The van der Waals surface area contributed by atoms with E-state index in [9.17, 15) is 10.2 Å². The zero-order valence-corrected chi connectivity index (χ0v) is 11.1. The molecule has 0 amide bonds. The molecule has 1 aliphatic carbocycles. The number of terminal acetylenes is 1. The van der Waals surface area contributed by atoms with Crippen molar-refractivity contribution in [2.24, 2.45) is 0 Å². The minimum atomic E-state index is -0.993. The SMILES string of the molecule is C#C[C@]1(O)CCCC[C@H]1NCCc1ccc(O)cc1. The van der Waals surface area contributed by atoms with Gasteiger partial charge in [-0.05, 0) is 49.9 Å². The summed E-state index contributed by atoms with van der Waals surface area (Å²) in [6.07, 6.45) is 10.0. The molecule has 0 heterocycles. The lowest BCUT2D eigenvalue weighted by Gasteiger charge is -2.36. The van der Waals surface area contributed by atoms with Gasteiger partial charge in [-0.25, -0.2) is 0 Å². The van der Waals surface area contributed by atoms with Crippen LogP contribution in [0.3, 0.4) is 0 Å². The quantitative estimate of drug-likeness (QED) is 0.723. The minimum absolute atomic E-state index is 0.0108. The Kier molecular flexibility index (Phi) is 4.47. The van der Waals surface area contributed by atoms with Gasteiger partial charge >= 0.3 is 0 Å². The Balaban J connectivity index is 1.85. The van der Waals surface area contributed by atoms with Gasteiger partial charge < -0.3 is 15.5 Å². The smallest absolute Gasteiger partial charge is 0.140 e. The van der Waals surface area contributed by atoms with Crippen molar-refractivity contribution in [1.29, 1.82) is 0 Å². The second-order valence-electron chi connectivity index (χ2n) is 5.24. The van der Waals surface area contributed by atoms with Gasteiger partial charge in [-0.1, -0.05) is 24.5 Å². The van der Waals surface area contributed by atoms with E-state index in [-0.39, 0.29) is 11.8 Å². The first-order valence-electron chi connectivity index (χ1n) is 6.85. The Hall–Kier alpha value is -1.50. The number of nitrogens with one attached hydrogen (secondary N) is 1. The highest BCUT2D eigenvalue weighted by Crippen LogP contribution is 2.27. The standard InChI is InChI=1S/C16H21NO2/c1-2-16(19)11-4-3-5-15(16)17-12-10-13-6-8-14(18)9-7-13/h1,6-9,15,17-19H,3-5,10-12H2/t15-,16+/m1/s1. The third kappa shape index (κ3) is 3.50. The van der Waals surface area contributed by atoms with Crippen LogP contribution in [0.4, 0.5) is 0 Å². The molecule has 3 N–H and O–H groups in total. The summed E-state index contributed by atoms with van der Waals surface area (Å²) in [5.74, 6) is 2.83. The van der Waals surface area contributed by atoms with Crippen LogP contribution in [0.2, 0.25) is 0 Å².